The summed E-state index contributed by atoms with van der Waals surface area (Å²) in [7, 11) is -2.17. The first kappa shape index (κ1) is 31.3. The highest BCUT2D eigenvalue weighted by Gasteiger charge is 2.52. The molecular weight excluding hydrogens is 606 g/mol. The van der Waals surface area contributed by atoms with Crippen LogP contribution in [0.1, 0.15) is 78.4 Å². The van der Waals surface area contributed by atoms with Crippen LogP contribution >= 0.6 is 10.8 Å². The van der Waals surface area contributed by atoms with E-state index in [4.69, 9.17) is 14.5 Å². The summed E-state index contributed by atoms with van der Waals surface area (Å²) in [6.07, 6.45) is 3.53. The van der Waals surface area contributed by atoms with Crippen molar-refractivity contribution in [3.8, 4) is 5.88 Å². The largest absolute Gasteiger partial charge is 0.469 e. The summed E-state index contributed by atoms with van der Waals surface area (Å²) in [4.78, 5) is 22.6. The van der Waals surface area contributed by atoms with Gasteiger partial charge in [-0.1, -0.05) is 0 Å². The van der Waals surface area contributed by atoms with Gasteiger partial charge in [0, 0.05) is 36.7 Å². The molecule has 1 atom stereocenters. The van der Waals surface area contributed by atoms with E-state index in [0.717, 1.165) is 29.5 Å². The molecule has 0 aromatic carbocycles. The molecule has 5 heterocycles. The summed E-state index contributed by atoms with van der Waals surface area (Å²) >= 11 is 0. The SMILES string of the molecule is COC(=O)C(C)(C)C(c1cc(CN2CC3(CC3)Oc3ncc(C)cc3S2(O)O)c(C)cn1)c1ccn2c(C(F)F)nnc2c1C. The monoisotopic (exact) mass is 642 g/mol. The van der Waals surface area contributed by atoms with Crippen molar-refractivity contribution in [3.63, 3.8) is 0 Å². The Morgan fingerprint density at radius 3 is 2.56 bits per heavy atom. The number of hydrogen-bond donors (Lipinski definition) is 2. The molecule has 1 saturated carbocycles. The van der Waals surface area contributed by atoms with Crippen molar-refractivity contribution in [2.45, 2.75) is 76.8 Å². The summed E-state index contributed by atoms with van der Waals surface area (Å²) in [5.41, 5.74) is 2.63. The second-order valence-electron chi connectivity index (χ2n) is 12.5. The molecule has 6 rings (SSSR count). The summed E-state index contributed by atoms with van der Waals surface area (Å²) in [5, 5.41) is 7.70. The lowest BCUT2D eigenvalue weighted by molar-refractivity contribution is -0.151. The highest BCUT2D eigenvalue weighted by molar-refractivity contribution is 8.22. The van der Waals surface area contributed by atoms with Crippen LogP contribution in [0.3, 0.4) is 0 Å². The number of rotatable bonds is 7. The third-order valence-electron chi connectivity index (χ3n) is 8.91. The molecule has 1 unspecified atom stereocenters. The zero-order chi connectivity index (χ0) is 32.5. The molecule has 2 N–H and O–H groups in total. The summed E-state index contributed by atoms with van der Waals surface area (Å²) in [6.45, 7) is 9.41. The minimum absolute atomic E-state index is 0.160. The van der Waals surface area contributed by atoms with E-state index < -0.39 is 45.9 Å². The molecule has 1 aliphatic carbocycles. The second-order valence-corrected chi connectivity index (χ2v) is 14.5. The van der Waals surface area contributed by atoms with Gasteiger partial charge in [0.05, 0.1) is 19.1 Å². The number of carbonyl (C=O) groups is 1. The number of halogens is 2. The van der Waals surface area contributed by atoms with Gasteiger partial charge in [-0.2, -0.15) is 4.31 Å². The van der Waals surface area contributed by atoms with Gasteiger partial charge in [0.1, 0.15) is 10.5 Å². The number of aryl methyl sites for hydroxylation is 3. The van der Waals surface area contributed by atoms with Crippen LogP contribution in [-0.2, 0) is 16.1 Å². The molecule has 1 spiro atoms. The molecule has 4 aromatic rings. The number of methoxy groups -OCH3 is 1. The summed E-state index contributed by atoms with van der Waals surface area (Å²) in [5.74, 6) is -1.41. The van der Waals surface area contributed by atoms with Crippen LogP contribution in [0.15, 0.2) is 41.7 Å². The third kappa shape index (κ3) is 5.33. The first-order valence-electron chi connectivity index (χ1n) is 14.5. The van der Waals surface area contributed by atoms with Crippen molar-refractivity contribution in [1.29, 1.82) is 0 Å². The van der Waals surface area contributed by atoms with Gasteiger partial charge in [-0.15, -0.1) is 21.0 Å². The number of hydrogen-bond acceptors (Lipinski definition) is 10. The lowest BCUT2D eigenvalue weighted by Crippen LogP contribution is -2.36. The van der Waals surface area contributed by atoms with E-state index in [1.54, 1.807) is 49.6 Å². The zero-order valence-corrected chi connectivity index (χ0v) is 26.7. The molecular formula is C31H36F2N6O5S. The number of esters is 1. The number of pyridine rings is 3. The van der Waals surface area contributed by atoms with Gasteiger partial charge in [0.15, 0.2) is 5.65 Å². The molecule has 2 aliphatic rings. The third-order valence-corrected chi connectivity index (χ3v) is 10.8. The van der Waals surface area contributed by atoms with E-state index in [9.17, 15) is 22.7 Å². The van der Waals surface area contributed by atoms with E-state index in [2.05, 4.69) is 15.2 Å². The average molecular weight is 643 g/mol. The van der Waals surface area contributed by atoms with E-state index >= 15 is 0 Å². The predicted octanol–water partition coefficient (Wildman–Crippen LogP) is 6.16. The maximum absolute atomic E-state index is 13.6. The standard InChI is InChI=1S/C31H36F2N6O5S/c1-17-11-23-28(35-13-17)44-31(8-9-31)16-38(45(23,41)42)15-20-12-22(34-14-18(20)2)24(30(4,5)29(40)43-6)21-7-10-39-26(19(21)3)36-37-27(39)25(32)33/h7,10-14,24-25,41-42H,8-9,15-16H2,1-6H3. The van der Waals surface area contributed by atoms with Crippen LogP contribution in [-0.4, -0.2) is 63.2 Å². The Hall–Kier alpha value is -3.72. The van der Waals surface area contributed by atoms with E-state index in [1.807, 2.05) is 19.9 Å². The van der Waals surface area contributed by atoms with Gasteiger partial charge in [-0.25, -0.2) is 13.8 Å². The molecule has 1 fully saturated rings. The Balaban J connectivity index is 1.45. The molecule has 1 aliphatic heterocycles. The van der Waals surface area contributed by atoms with Gasteiger partial charge < -0.3 is 9.47 Å². The summed E-state index contributed by atoms with van der Waals surface area (Å²) < 4.78 is 64.9. The van der Waals surface area contributed by atoms with E-state index in [0.29, 0.717) is 16.8 Å². The molecule has 11 nitrogen and oxygen atoms in total. The van der Waals surface area contributed by atoms with Gasteiger partial charge in [0.2, 0.25) is 11.7 Å². The normalized spacial score (nSPS) is 18.7. The number of ether oxygens (including phenoxy) is 2. The van der Waals surface area contributed by atoms with Crippen LogP contribution < -0.4 is 4.74 Å². The molecule has 0 radical (unpaired) electrons. The number of carbonyl (C=O) groups excluding carboxylic acids is 1. The second kappa shape index (κ2) is 11.0. The van der Waals surface area contributed by atoms with Crippen LogP contribution in [0.4, 0.5) is 8.78 Å². The Bertz CT molecular complexity index is 1810. The molecule has 14 heteroatoms. The highest BCUT2D eigenvalue weighted by atomic mass is 32.3. The maximum atomic E-state index is 13.6. The molecule has 240 valence electrons. The first-order chi connectivity index (χ1) is 21.2. The minimum atomic E-state index is -3.48. The van der Waals surface area contributed by atoms with Crippen molar-refractivity contribution in [2.75, 3.05) is 13.7 Å². The number of alkyl halides is 2. The fourth-order valence-electron chi connectivity index (χ4n) is 6.11. The summed E-state index contributed by atoms with van der Waals surface area (Å²) in [6, 6.07) is 5.24. The molecule has 0 bridgehead atoms. The lowest BCUT2D eigenvalue weighted by atomic mass is 9.71. The van der Waals surface area contributed by atoms with E-state index in [1.165, 1.54) is 17.7 Å². The predicted molar refractivity (Wildman–Crippen MR) is 162 cm³/mol. The number of nitrogens with zero attached hydrogens (tertiary/aromatic N) is 6. The van der Waals surface area contributed by atoms with Gasteiger partial charge in [-0.3, -0.25) is 23.3 Å². The van der Waals surface area contributed by atoms with Gasteiger partial charge in [-0.05, 0) is 93.5 Å². The fraction of sp³-hybridized carbons (Fsp3) is 0.452. The van der Waals surface area contributed by atoms with Gasteiger partial charge in [0.25, 0.3) is 6.43 Å². The quantitative estimate of drug-likeness (QED) is 0.226. The van der Waals surface area contributed by atoms with Crippen LogP contribution in [0.25, 0.3) is 5.65 Å². The zero-order valence-electron chi connectivity index (χ0n) is 25.9. The molecule has 4 aromatic heterocycles. The smallest absolute Gasteiger partial charge is 0.312 e. The van der Waals surface area contributed by atoms with Crippen molar-refractivity contribution >= 4 is 22.4 Å². The topological polar surface area (TPSA) is 135 Å². The number of aromatic nitrogens is 5. The Kier molecular flexibility index (Phi) is 7.62. The Morgan fingerprint density at radius 1 is 1.16 bits per heavy atom. The fourth-order valence-corrected chi connectivity index (χ4v) is 7.80. The molecule has 0 saturated heterocycles. The first-order valence-corrected chi connectivity index (χ1v) is 16.0. The average Bonchev–Trinajstić information content (AvgIpc) is 3.61. The lowest BCUT2D eigenvalue weighted by Gasteiger charge is -2.42. The van der Waals surface area contributed by atoms with Crippen LogP contribution in [0.5, 0.6) is 5.88 Å². The molecule has 0 amide bonds. The van der Waals surface area contributed by atoms with Crippen molar-refractivity contribution in [1.82, 2.24) is 28.9 Å². The Labute approximate surface area is 261 Å². The van der Waals surface area contributed by atoms with E-state index in [-0.39, 0.29) is 29.5 Å². The van der Waals surface area contributed by atoms with Crippen molar-refractivity contribution < 1.29 is 32.2 Å². The number of fused-ring (bicyclic) bond motifs is 2. The van der Waals surface area contributed by atoms with Crippen molar-refractivity contribution in [3.05, 3.63) is 76.1 Å². The van der Waals surface area contributed by atoms with Crippen LogP contribution in [0.2, 0.25) is 0 Å². The maximum Gasteiger partial charge on any atom is 0.312 e. The van der Waals surface area contributed by atoms with Crippen LogP contribution in [0, 0.1) is 26.2 Å². The molecule has 45 heavy (non-hydrogen) atoms. The van der Waals surface area contributed by atoms with Crippen molar-refractivity contribution in [2.24, 2.45) is 5.41 Å². The highest BCUT2D eigenvalue weighted by Crippen LogP contribution is 2.61. The Morgan fingerprint density at radius 2 is 1.89 bits per heavy atom. The van der Waals surface area contributed by atoms with Gasteiger partial charge >= 0.3 is 5.97 Å². The minimum Gasteiger partial charge on any atom is -0.469 e.